The lowest BCUT2D eigenvalue weighted by Crippen LogP contribution is -2.21. The first-order valence-electron chi connectivity index (χ1n) is 8.62. The third kappa shape index (κ3) is 3.22. The van der Waals surface area contributed by atoms with Gasteiger partial charge in [0.1, 0.15) is 6.54 Å². The highest BCUT2D eigenvalue weighted by Crippen LogP contribution is 2.25. The molecule has 0 aliphatic carbocycles. The summed E-state index contributed by atoms with van der Waals surface area (Å²) >= 11 is 1.59. The molecule has 134 valence electrons. The van der Waals surface area contributed by atoms with E-state index in [0.717, 1.165) is 21.6 Å². The molecule has 0 aliphatic rings. The Morgan fingerprint density at radius 2 is 1.44 bits per heavy atom. The Balaban J connectivity index is 1.80. The van der Waals surface area contributed by atoms with E-state index < -0.39 is 0 Å². The predicted molar refractivity (Wildman–Crippen MR) is 113 cm³/mol. The zero-order chi connectivity index (χ0) is 18.8. The van der Waals surface area contributed by atoms with Crippen LogP contribution in [-0.4, -0.2) is 16.7 Å². The summed E-state index contributed by atoms with van der Waals surface area (Å²) in [5.41, 5.74) is 2.30. The Hall–Kier alpha value is -3.05. The molecule has 1 amide bonds. The maximum atomic E-state index is 12.8. The number of nitrogens with one attached hydrogen (secondary N) is 1. The first-order valence-corrected chi connectivity index (χ1v) is 9.84. The van der Waals surface area contributed by atoms with Crippen LogP contribution < -0.4 is 10.7 Å². The SMILES string of the molecule is CSc1ccccc1NC(=O)Cn1c2ccccc2c(=O)c2ccccc21. The molecule has 4 nitrogen and oxygen atoms in total. The van der Waals surface area contributed by atoms with E-state index in [1.54, 1.807) is 11.8 Å². The average molecular weight is 374 g/mol. The van der Waals surface area contributed by atoms with Crippen molar-refractivity contribution in [1.29, 1.82) is 0 Å². The van der Waals surface area contributed by atoms with Crippen LogP contribution in [0.5, 0.6) is 0 Å². The van der Waals surface area contributed by atoms with Crippen LogP contribution in [0.15, 0.2) is 82.5 Å². The Morgan fingerprint density at radius 1 is 0.889 bits per heavy atom. The molecule has 0 spiro atoms. The van der Waals surface area contributed by atoms with E-state index >= 15 is 0 Å². The smallest absolute Gasteiger partial charge is 0.244 e. The van der Waals surface area contributed by atoms with Gasteiger partial charge in [-0.2, -0.15) is 0 Å². The predicted octanol–water partition coefficient (Wildman–Crippen LogP) is 4.52. The van der Waals surface area contributed by atoms with Crippen molar-refractivity contribution in [2.45, 2.75) is 11.4 Å². The fourth-order valence-electron chi connectivity index (χ4n) is 3.33. The lowest BCUT2D eigenvalue weighted by molar-refractivity contribution is -0.116. The van der Waals surface area contributed by atoms with Gasteiger partial charge in [0, 0.05) is 15.7 Å². The highest BCUT2D eigenvalue weighted by molar-refractivity contribution is 7.98. The molecular formula is C22H18N2O2S. The number of carbonyl (C=O) groups is 1. The number of amides is 1. The second-order valence-corrected chi connectivity index (χ2v) is 7.05. The first kappa shape index (κ1) is 17.4. The minimum absolute atomic E-state index is 0.00872. The lowest BCUT2D eigenvalue weighted by atomic mass is 10.1. The van der Waals surface area contributed by atoms with Crippen LogP contribution in [-0.2, 0) is 11.3 Å². The topological polar surface area (TPSA) is 51.1 Å². The fraction of sp³-hybridized carbons (Fsp3) is 0.0909. The van der Waals surface area contributed by atoms with E-state index in [4.69, 9.17) is 0 Å². The number of hydrogen-bond acceptors (Lipinski definition) is 3. The molecule has 1 heterocycles. The quantitative estimate of drug-likeness (QED) is 0.422. The van der Waals surface area contributed by atoms with Gasteiger partial charge in [0.2, 0.25) is 5.91 Å². The van der Waals surface area contributed by atoms with Crippen molar-refractivity contribution in [1.82, 2.24) is 4.57 Å². The number of fused-ring (bicyclic) bond motifs is 2. The van der Waals surface area contributed by atoms with E-state index in [0.29, 0.717) is 10.8 Å². The van der Waals surface area contributed by atoms with Gasteiger partial charge in [-0.15, -0.1) is 11.8 Å². The van der Waals surface area contributed by atoms with Crippen LogP contribution >= 0.6 is 11.8 Å². The molecule has 3 aromatic carbocycles. The zero-order valence-electron chi connectivity index (χ0n) is 14.8. The van der Waals surface area contributed by atoms with Gasteiger partial charge in [-0.05, 0) is 42.7 Å². The summed E-state index contributed by atoms with van der Waals surface area (Å²) in [5, 5.41) is 4.23. The third-order valence-electron chi connectivity index (χ3n) is 4.56. The maximum Gasteiger partial charge on any atom is 0.244 e. The highest BCUT2D eigenvalue weighted by atomic mass is 32.2. The van der Waals surface area contributed by atoms with Gasteiger partial charge < -0.3 is 9.88 Å². The van der Waals surface area contributed by atoms with E-state index in [9.17, 15) is 9.59 Å². The molecule has 0 aliphatic heterocycles. The number of hydrogen-bond donors (Lipinski definition) is 1. The molecule has 0 atom stereocenters. The molecule has 5 heteroatoms. The van der Waals surface area contributed by atoms with Crippen LogP contribution in [0.25, 0.3) is 21.8 Å². The molecule has 4 rings (SSSR count). The minimum atomic E-state index is -0.129. The molecule has 4 aromatic rings. The van der Waals surface area contributed by atoms with E-state index in [1.165, 1.54) is 0 Å². The third-order valence-corrected chi connectivity index (χ3v) is 5.36. The Kier molecular flexibility index (Phi) is 4.69. The molecule has 1 aromatic heterocycles. The van der Waals surface area contributed by atoms with Crippen molar-refractivity contribution in [3.63, 3.8) is 0 Å². The van der Waals surface area contributed by atoms with Crippen LogP contribution in [0.3, 0.4) is 0 Å². The molecule has 27 heavy (non-hydrogen) atoms. The van der Waals surface area contributed by atoms with Crippen molar-refractivity contribution in [3.05, 3.63) is 83.0 Å². The van der Waals surface area contributed by atoms with Crippen molar-refractivity contribution in [3.8, 4) is 0 Å². The number of carbonyl (C=O) groups excluding carboxylic acids is 1. The molecule has 0 saturated heterocycles. The van der Waals surface area contributed by atoms with Crippen molar-refractivity contribution in [2.24, 2.45) is 0 Å². The Morgan fingerprint density at radius 3 is 2.07 bits per heavy atom. The summed E-state index contributed by atoms with van der Waals surface area (Å²) in [6.45, 7) is 0.129. The van der Waals surface area contributed by atoms with Gasteiger partial charge in [0.15, 0.2) is 5.43 Å². The summed E-state index contributed by atoms with van der Waals surface area (Å²) < 4.78 is 1.91. The van der Waals surface area contributed by atoms with Gasteiger partial charge in [0.25, 0.3) is 0 Å². The second-order valence-electron chi connectivity index (χ2n) is 6.20. The van der Waals surface area contributed by atoms with Crippen molar-refractivity contribution in [2.75, 3.05) is 11.6 Å². The summed E-state index contributed by atoms with van der Waals surface area (Å²) in [4.78, 5) is 26.6. The minimum Gasteiger partial charge on any atom is -0.331 e. The van der Waals surface area contributed by atoms with E-state index in [1.807, 2.05) is 83.6 Å². The van der Waals surface area contributed by atoms with Crippen molar-refractivity contribution < 1.29 is 4.79 Å². The molecule has 0 radical (unpaired) electrons. The summed E-state index contributed by atoms with van der Waals surface area (Å²) in [7, 11) is 0. The van der Waals surface area contributed by atoms with Crippen LogP contribution in [0.2, 0.25) is 0 Å². The first-order chi connectivity index (χ1) is 13.2. The summed E-state index contributed by atoms with van der Waals surface area (Å²) in [5.74, 6) is -0.129. The van der Waals surface area contributed by atoms with Crippen molar-refractivity contribution >= 4 is 45.2 Å². The monoisotopic (exact) mass is 374 g/mol. The lowest BCUT2D eigenvalue weighted by Gasteiger charge is -2.15. The number of benzene rings is 3. The van der Waals surface area contributed by atoms with Crippen LogP contribution in [0, 0.1) is 0 Å². The van der Waals surface area contributed by atoms with Gasteiger partial charge in [-0.3, -0.25) is 9.59 Å². The number of aromatic nitrogens is 1. The largest absolute Gasteiger partial charge is 0.331 e. The molecular weight excluding hydrogens is 356 g/mol. The summed E-state index contributed by atoms with van der Waals surface area (Å²) in [6, 6.07) is 22.6. The number of rotatable bonds is 4. The van der Waals surface area contributed by atoms with Crippen LogP contribution in [0.4, 0.5) is 5.69 Å². The number of pyridine rings is 1. The fourth-order valence-corrected chi connectivity index (χ4v) is 3.88. The number of nitrogens with zero attached hydrogens (tertiary/aromatic N) is 1. The van der Waals surface area contributed by atoms with Gasteiger partial charge in [0.05, 0.1) is 16.7 Å². The van der Waals surface area contributed by atoms with E-state index in [2.05, 4.69) is 5.32 Å². The number of para-hydroxylation sites is 3. The molecule has 0 saturated carbocycles. The molecule has 1 N–H and O–H groups in total. The normalized spacial score (nSPS) is 11.0. The average Bonchev–Trinajstić information content (AvgIpc) is 2.71. The maximum absolute atomic E-state index is 12.8. The zero-order valence-corrected chi connectivity index (χ0v) is 15.6. The molecule has 0 fully saturated rings. The Labute approximate surface area is 160 Å². The van der Waals surface area contributed by atoms with Gasteiger partial charge >= 0.3 is 0 Å². The summed E-state index contributed by atoms with van der Waals surface area (Å²) in [6.07, 6.45) is 1.98. The van der Waals surface area contributed by atoms with E-state index in [-0.39, 0.29) is 17.9 Å². The number of thioether (sulfide) groups is 1. The highest BCUT2D eigenvalue weighted by Gasteiger charge is 2.13. The standard InChI is InChI=1S/C22H18N2O2S/c1-27-20-13-7-4-10-17(20)23-21(25)14-24-18-11-5-2-8-15(18)22(26)16-9-3-6-12-19(16)24/h2-13H,14H2,1H3,(H,23,25). The molecule has 0 unspecified atom stereocenters. The number of anilines is 1. The molecule has 0 bridgehead atoms. The second kappa shape index (κ2) is 7.29. The van der Waals surface area contributed by atoms with Crippen LogP contribution in [0.1, 0.15) is 0 Å². The Bertz CT molecular complexity index is 1150. The van der Waals surface area contributed by atoms with Gasteiger partial charge in [-0.1, -0.05) is 36.4 Å². The van der Waals surface area contributed by atoms with Gasteiger partial charge in [-0.25, -0.2) is 0 Å².